The molecule has 1 N–H and O–H groups in total. The summed E-state index contributed by atoms with van der Waals surface area (Å²) in [5, 5.41) is 2.53. The highest BCUT2D eigenvalue weighted by atomic mass is 32.2. The van der Waals surface area contributed by atoms with Crippen molar-refractivity contribution in [3.8, 4) is 0 Å². The second-order valence-corrected chi connectivity index (χ2v) is 6.23. The molecule has 3 unspecified atom stereocenters. The fourth-order valence-electron chi connectivity index (χ4n) is 2.73. The van der Waals surface area contributed by atoms with Crippen LogP contribution in [0, 0.1) is 0 Å². The Bertz CT molecular complexity index is 182. The molecular weight excluding hydrogens is 204 g/mol. The van der Waals surface area contributed by atoms with Crippen molar-refractivity contribution in [3.63, 3.8) is 0 Å². The van der Waals surface area contributed by atoms with Crippen molar-refractivity contribution in [2.75, 3.05) is 11.5 Å². The number of hydrazine groups is 1. The van der Waals surface area contributed by atoms with E-state index in [2.05, 4.69) is 36.0 Å². The van der Waals surface area contributed by atoms with Crippen molar-refractivity contribution >= 4 is 11.8 Å². The molecule has 2 saturated heterocycles. The van der Waals surface area contributed by atoms with Crippen molar-refractivity contribution in [1.82, 2.24) is 10.4 Å². The van der Waals surface area contributed by atoms with Crippen LogP contribution in [0.4, 0.5) is 0 Å². The minimum absolute atomic E-state index is 0.723. The lowest BCUT2D eigenvalue weighted by atomic mass is 9.99. The molecule has 0 saturated carbocycles. The smallest absolute Gasteiger partial charge is 0.0306 e. The number of nitrogens with zero attached hydrogens (tertiary/aromatic N) is 1. The van der Waals surface area contributed by atoms with Gasteiger partial charge in [-0.2, -0.15) is 11.8 Å². The topological polar surface area (TPSA) is 15.3 Å². The van der Waals surface area contributed by atoms with Gasteiger partial charge in [0, 0.05) is 23.9 Å². The summed E-state index contributed by atoms with van der Waals surface area (Å²) in [5.74, 6) is 2.67. The molecule has 0 aromatic carbocycles. The van der Waals surface area contributed by atoms with Gasteiger partial charge < -0.3 is 0 Å². The number of hydrogen-bond acceptors (Lipinski definition) is 3. The van der Waals surface area contributed by atoms with E-state index in [1.165, 1.54) is 43.6 Å². The normalized spacial score (nSPS) is 39.2. The molecule has 3 atom stereocenters. The van der Waals surface area contributed by atoms with E-state index in [-0.39, 0.29) is 0 Å². The second kappa shape index (κ2) is 5.55. The molecule has 88 valence electrons. The van der Waals surface area contributed by atoms with Crippen LogP contribution in [0.25, 0.3) is 0 Å². The Hall–Kier alpha value is 0.270. The highest BCUT2D eigenvalue weighted by molar-refractivity contribution is 7.99. The highest BCUT2D eigenvalue weighted by Crippen LogP contribution is 2.23. The van der Waals surface area contributed by atoms with Gasteiger partial charge in [0.2, 0.25) is 0 Å². The number of piperidine rings is 1. The summed E-state index contributed by atoms with van der Waals surface area (Å²) in [7, 11) is 0. The van der Waals surface area contributed by atoms with Gasteiger partial charge in [0.1, 0.15) is 0 Å². The first-order valence-corrected chi connectivity index (χ1v) is 7.55. The average molecular weight is 228 g/mol. The van der Waals surface area contributed by atoms with Crippen LogP contribution in [0.3, 0.4) is 0 Å². The molecular formula is C12H24N2S. The van der Waals surface area contributed by atoms with Crippen LogP contribution < -0.4 is 5.43 Å². The predicted octanol–water partition coefficient (Wildman–Crippen LogP) is 2.65. The fourth-order valence-corrected chi connectivity index (χ4v) is 3.79. The van der Waals surface area contributed by atoms with E-state index in [4.69, 9.17) is 0 Å². The van der Waals surface area contributed by atoms with Gasteiger partial charge in [0.05, 0.1) is 0 Å². The molecule has 2 rings (SSSR count). The largest absolute Gasteiger partial charge is 0.251 e. The number of hydrogen-bond donors (Lipinski definition) is 1. The Morgan fingerprint density at radius 3 is 2.40 bits per heavy atom. The Balaban J connectivity index is 1.84. The van der Waals surface area contributed by atoms with Gasteiger partial charge in [-0.1, -0.05) is 6.42 Å². The van der Waals surface area contributed by atoms with Gasteiger partial charge in [-0.05, 0) is 45.3 Å². The Labute approximate surface area is 98.1 Å². The average Bonchev–Trinajstić information content (AvgIpc) is 2.25. The quantitative estimate of drug-likeness (QED) is 0.782. The summed E-state index contributed by atoms with van der Waals surface area (Å²) >= 11 is 2.10. The van der Waals surface area contributed by atoms with Crippen molar-refractivity contribution in [2.24, 2.45) is 0 Å². The van der Waals surface area contributed by atoms with E-state index in [0.717, 1.165) is 18.1 Å². The third kappa shape index (κ3) is 3.11. The first kappa shape index (κ1) is 11.7. The van der Waals surface area contributed by atoms with Crippen LogP contribution in [0.2, 0.25) is 0 Å². The predicted molar refractivity (Wildman–Crippen MR) is 68.1 cm³/mol. The number of thioether (sulfide) groups is 1. The van der Waals surface area contributed by atoms with Crippen LogP contribution in [0.15, 0.2) is 0 Å². The zero-order valence-corrected chi connectivity index (χ0v) is 10.9. The van der Waals surface area contributed by atoms with Gasteiger partial charge in [-0.3, -0.25) is 5.43 Å². The van der Waals surface area contributed by atoms with E-state index in [9.17, 15) is 0 Å². The molecule has 0 aromatic heterocycles. The SMILES string of the molecule is CC1CCCC(C)N1NC1CCCSC1. The third-order valence-electron chi connectivity index (χ3n) is 3.69. The van der Waals surface area contributed by atoms with E-state index < -0.39 is 0 Å². The lowest BCUT2D eigenvalue weighted by Gasteiger charge is -2.42. The van der Waals surface area contributed by atoms with E-state index in [1.807, 2.05) is 0 Å². The molecule has 2 aliphatic rings. The summed E-state index contributed by atoms with van der Waals surface area (Å²) in [4.78, 5) is 0. The van der Waals surface area contributed by atoms with Gasteiger partial charge in [-0.15, -0.1) is 0 Å². The van der Waals surface area contributed by atoms with E-state index >= 15 is 0 Å². The molecule has 0 spiro atoms. The zero-order chi connectivity index (χ0) is 10.7. The molecule has 0 amide bonds. The van der Waals surface area contributed by atoms with Gasteiger partial charge in [0.15, 0.2) is 0 Å². The van der Waals surface area contributed by atoms with Crippen LogP contribution in [0.5, 0.6) is 0 Å². The zero-order valence-electron chi connectivity index (χ0n) is 10.0. The van der Waals surface area contributed by atoms with Gasteiger partial charge >= 0.3 is 0 Å². The highest BCUT2D eigenvalue weighted by Gasteiger charge is 2.27. The van der Waals surface area contributed by atoms with Gasteiger partial charge in [0.25, 0.3) is 0 Å². The minimum atomic E-state index is 0.723. The Kier molecular flexibility index (Phi) is 4.35. The minimum Gasteiger partial charge on any atom is -0.251 e. The lowest BCUT2D eigenvalue weighted by molar-refractivity contribution is 0.0313. The van der Waals surface area contributed by atoms with Crippen molar-refractivity contribution in [1.29, 1.82) is 0 Å². The molecule has 0 aliphatic carbocycles. The molecule has 2 heterocycles. The molecule has 3 heteroatoms. The molecule has 0 aromatic rings. The Morgan fingerprint density at radius 1 is 1.07 bits per heavy atom. The summed E-state index contributed by atoms with van der Waals surface area (Å²) in [5.41, 5.74) is 3.77. The summed E-state index contributed by atoms with van der Waals surface area (Å²) in [6.07, 6.45) is 6.87. The van der Waals surface area contributed by atoms with Crippen molar-refractivity contribution < 1.29 is 0 Å². The molecule has 15 heavy (non-hydrogen) atoms. The molecule has 0 bridgehead atoms. The fraction of sp³-hybridized carbons (Fsp3) is 1.00. The Morgan fingerprint density at radius 2 is 1.80 bits per heavy atom. The van der Waals surface area contributed by atoms with E-state index in [1.54, 1.807) is 0 Å². The molecule has 2 fully saturated rings. The first-order valence-electron chi connectivity index (χ1n) is 6.39. The van der Waals surface area contributed by atoms with Gasteiger partial charge in [-0.25, -0.2) is 5.01 Å². The molecule has 0 radical (unpaired) electrons. The number of nitrogens with one attached hydrogen (secondary N) is 1. The summed E-state index contributed by atoms with van der Waals surface area (Å²) < 4.78 is 0. The van der Waals surface area contributed by atoms with Crippen LogP contribution >= 0.6 is 11.8 Å². The summed E-state index contributed by atoms with van der Waals surface area (Å²) in [6, 6.07) is 2.17. The molecule has 2 aliphatic heterocycles. The monoisotopic (exact) mass is 228 g/mol. The maximum absolute atomic E-state index is 3.77. The van der Waals surface area contributed by atoms with Crippen LogP contribution in [-0.4, -0.2) is 34.6 Å². The number of rotatable bonds is 2. The second-order valence-electron chi connectivity index (χ2n) is 5.08. The molecule has 2 nitrogen and oxygen atoms in total. The van der Waals surface area contributed by atoms with E-state index in [0.29, 0.717) is 0 Å². The first-order chi connectivity index (χ1) is 7.27. The third-order valence-corrected chi connectivity index (χ3v) is 4.90. The van der Waals surface area contributed by atoms with Crippen molar-refractivity contribution in [3.05, 3.63) is 0 Å². The lowest BCUT2D eigenvalue weighted by Crippen LogP contribution is -2.56. The maximum atomic E-state index is 3.77. The van der Waals surface area contributed by atoms with Crippen LogP contribution in [-0.2, 0) is 0 Å². The standard InChI is InChI=1S/C12H24N2S/c1-10-5-3-6-11(2)14(10)13-12-7-4-8-15-9-12/h10-13H,3-9H2,1-2H3. The van der Waals surface area contributed by atoms with Crippen LogP contribution in [0.1, 0.15) is 46.0 Å². The maximum Gasteiger partial charge on any atom is 0.0306 e. The van der Waals surface area contributed by atoms with Crippen molar-refractivity contribution in [2.45, 2.75) is 64.1 Å². The summed E-state index contributed by atoms with van der Waals surface area (Å²) in [6.45, 7) is 4.72.